The molecule has 1 aliphatic rings. The van der Waals surface area contributed by atoms with Gasteiger partial charge in [-0.1, -0.05) is 29.8 Å². The summed E-state index contributed by atoms with van der Waals surface area (Å²) in [5, 5.41) is 4.09. The summed E-state index contributed by atoms with van der Waals surface area (Å²) in [6, 6.07) is 14.2. The molecule has 0 spiro atoms. The van der Waals surface area contributed by atoms with E-state index in [9.17, 15) is 0 Å². The molecule has 3 rings (SSSR count). The zero-order chi connectivity index (χ0) is 21.5. The molecule has 1 heterocycles. The Bertz CT molecular complexity index is 880. The fraction of sp³-hybridized carbons (Fsp3) is 0.435. The third-order valence-electron chi connectivity index (χ3n) is 5.62. The van der Waals surface area contributed by atoms with E-state index in [1.165, 1.54) is 12.0 Å². The number of hydrogen-bond donors (Lipinski definition) is 2. The molecule has 0 aromatic heterocycles. The Morgan fingerprint density at radius 3 is 2.68 bits per heavy atom. The monoisotopic (exact) mass is 558 g/mol. The number of hydrogen-bond acceptors (Lipinski definition) is 4. The number of methoxy groups -OCH3 is 2. The van der Waals surface area contributed by atoms with E-state index in [0.29, 0.717) is 36.0 Å². The van der Waals surface area contributed by atoms with Gasteiger partial charge in [-0.25, -0.2) is 4.99 Å². The predicted octanol–water partition coefficient (Wildman–Crippen LogP) is 4.46. The first-order chi connectivity index (χ1) is 14.5. The van der Waals surface area contributed by atoms with Crippen molar-refractivity contribution < 1.29 is 9.47 Å². The van der Waals surface area contributed by atoms with Gasteiger partial charge in [-0.3, -0.25) is 4.90 Å². The molecule has 170 valence electrons. The smallest absolute Gasteiger partial charge is 0.188 e. The summed E-state index contributed by atoms with van der Waals surface area (Å²) in [4.78, 5) is 6.89. The summed E-state index contributed by atoms with van der Waals surface area (Å²) in [5.74, 6) is 2.26. The van der Waals surface area contributed by atoms with Crippen LogP contribution in [0.25, 0.3) is 0 Å². The van der Waals surface area contributed by atoms with Crippen molar-refractivity contribution in [2.45, 2.75) is 25.4 Å². The molecule has 2 aromatic carbocycles. The van der Waals surface area contributed by atoms with Crippen LogP contribution < -0.4 is 20.5 Å². The van der Waals surface area contributed by atoms with E-state index in [1.807, 2.05) is 30.3 Å². The molecular weight excluding hydrogens is 527 g/mol. The van der Waals surface area contributed by atoms with Crippen molar-refractivity contribution >= 4 is 41.5 Å². The van der Waals surface area contributed by atoms with Crippen molar-refractivity contribution in [1.29, 1.82) is 0 Å². The first kappa shape index (κ1) is 25.5. The maximum absolute atomic E-state index is 6.24. The van der Waals surface area contributed by atoms with Gasteiger partial charge >= 0.3 is 0 Å². The molecule has 0 amide bonds. The zero-order valence-electron chi connectivity index (χ0n) is 18.3. The molecule has 8 heteroatoms. The molecule has 0 aliphatic carbocycles. The van der Waals surface area contributed by atoms with Gasteiger partial charge in [0, 0.05) is 17.6 Å². The quantitative estimate of drug-likeness (QED) is 0.298. The molecular formula is C23H32ClIN4O2. The van der Waals surface area contributed by atoms with E-state index >= 15 is 0 Å². The highest BCUT2D eigenvalue weighted by Crippen LogP contribution is 2.35. The van der Waals surface area contributed by atoms with Gasteiger partial charge in [0.1, 0.15) is 0 Å². The Hall–Kier alpha value is -1.71. The van der Waals surface area contributed by atoms with Crippen molar-refractivity contribution in [3.63, 3.8) is 0 Å². The summed E-state index contributed by atoms with van der Waals surface area (Å²) in [7, 11) is 5.42. The summed E-state index contributed by atoms with van der Waals surface area (Å²) < 4.78 is 10.6. The van der Waals surface area contributed by atoms with Gasteiger partial charge in [-0.05, 0) is 67.7 Å². The lowest BCUT2D eigenvalue weighted by atomic mass is 9.85. The zero-order valence-corrected chi connectivity index (χ0v) is 21.4. The van der Waals surface area contributed by atoms with E-state index in [2.05, 4.69) is 34.4 Å². The van der Waals surface area contributed by atoms with Crippen molar-refractivity contribution in [1.82, 2.24) is 10.2 Å². The summed E-state index contributed by atoms with van der Waals surface area (Å²) in [5.41, 5.74) is 8.41. The first-order valence-electron chi connectivity index (χ1n) is 10.2. The summed E-state index contributed by atoms with van der Waals surface area (Å²) in [6.45, 7) is 2.32. The second kappa shape index (κ2) is 12.4. The highest BCUT2D eigenvalue weighted by Gasteiger charge is 2.30. The number of aliphatic imine (C=N–C) groups is 1. The van der Waals surface area contributed by atoms with Crippen LogP contribution in [0.4, 0.5) is 0 Å². The number of benzene rings is 2. The third-order valence-corrected chi connectivity index (χ3v) is 5.86. The average molecular weight is 559 g/mol. The number of likely N-dealkylation sites (tertiary alicyclic amines) is 1. The lowest BCUT2D eigenvalue weighted by molar-refractivity contribution is 0.122. The van der Waals surface area contributed by atoms with Crippen LogP contribution >= 0.6 is 35.6 Å². The highest BCUT2D eigenvalue weighted by atomic mass is 127. The number of nitrogens with one attached hydrogen (secondary N) is 1. The van der Waals surface area contributed by atoms with Gasteiger partial charge in [0.05, 0.1) is 20.8 Å². The molecule has 1 saturated heterocycles. The first-order valence-corrected chi connectivity index (χ1v) is 10.6. The summed E-state index contributed by atoms with van der Waals surface area (Å²) in [6.07, 6.45) is 2.31. The molecule has 2 unspecified atom stereocenters. The normalized spacial score (nSPS) is 19.4. The van der Waals surface area contributed by atoms with E-state index in [4.69, 9.17) is 26.8 Å². The fourth-order valence-corrected chi connectivity index (χ4v) is 4.34. The molecule has 1 fully saturated rings. The van der Waals surface area contributed by atoms with Crippen LogP contribution in [0.1, 0.15) is 30.0 Å². The van der Waals surface area contributed by atoms with Gasteiger partial charge in [0.2, 0.25) is 0 Å². The maximum Gasteiger partial charge on any atom is 0.188 e. The molecule has 31 heavy (non-hydrogen) atoms. The molecule has 1 aliphatic heterocycles. The Morgan fingerprint density at radius 1 is 1.19 bits per heavy atom. The van der Waals surface area contributed by atoms with Crippen LogP contribution in [0.2, 0.25) is 5.02 Å². The maximum atomic E-state index is 6.24. The fourth-order valence-electron chi connectivity index (χ4n) is 4.14. The minimum absolute atomic E-state index is 0. The third kappa shape index (κ3) is 6.89. The lowest BCUT2D eigenvalue weighted by Gasteiger charge is -2.39. The molecule has 6 nitrogen and oxygen atoms in total. The number of nitrogens with zero attached hydrogens (tertiary/aromatic N) is 2. The van der Waals surface area contributed by atoms with Crippen LogP contribution in [-0.2, 0) is 6.54 Å². The van der Waals surface area contributed by atoms with Gasteiger partial charge in [0.25, 0.3) is 0 Å². The van der Waals surface area contributed by atoms with Crippen molar-refractivity contribution in [3.05, 3.63) is 58.6 Å². The minimum atomic E-state index is 0. The van der Waals surface area contributed by atoms with Gasteiger partial charge in [0.15, 0.2) is 17.5 Å². The average Bonchev–Trinajstić information content (AvgIpc) is 2.76. The van der Waals surface area contributed by atoms with Crippen molar-refractivity contribution in [2.24, 2.45) is 16.6 Å². The summed E-state index contributed by atoms with van der Waals surface area (Å²) >= 11 is 6.24. The van der Waals surface area contributed by atoms with E-state index in [-0.39, 0.29) is 24.0 Å². The van der Waals surface area contributed by atoms with Gasteiger partial charge in [-0.15, -0.1) is 24.0 Å². The van der Waals surface area contributed by atoms with Crippen LogP contribution in [0.15, 0.2) is 47.5 Å². The number of rotatable bonds is 7. The number of guanidine groups is 1. The Labute approximate surface area is 207 Å². The standard InChI is InChI=1S/C23H31ClN4O2.HI/c1-28-11-5-7-18(22(28)17-6-4-8-19(24)13-17)15-27-23(25)26-14-16-9-10-20(29-2)21(12-16)30-3;/h4,6,8-10,12-13,18,22H,5,7,11,14-15H2,1-3H3,(H3,25,26,27);1H. The topological polar surface area (TPSA) is 72.1 Å². The molecule has 0 bridgehead atoms. The molecule has 2 aromatic rings. The Kier molecular flexibility index (Phi) is 10.2. The van der Waals surface area contributed by atoms with Crippen molar-refractivity contribution in [3.8, 4) is 11.5 Å². The van der Waals surface area contributed by atoms with Gasteiger partial charge in [-0.2, -0.15) is 0 Å². The Morgan fingerprint density at radius 2 is 1.97 bits per heavy atom. The van der Waals surface area contributed by atoms with Crippen LogP contribution in [0.5, 0.6) is 11.5 Å². The Balaban J connectivity index is 0.00000341. The SMILES string of the molecule is COc1ccc(CN=C(N)NCC2CCCN(C)C2c2cccc(Cl)c2)cc1OC.I. The number of piperidine rings is 1. The predicted molar refractivity (Wildman–Crippen MR) is 138 cm³/mol. The minimum Gasteiger partial charge on any atom is -0.493 e. The number of halogens is 2. The van der Waals surface area contributed by atoms with E-state index in [0.717, 1.165) is 30.1 Å². The molecule has 0 saturated carbocycles. The highest BCUT2D eigenvalue weighted by molar-refractivity contribution is 14.0. The van der Waals surface area contributed by atoms with Crippen molar-refractivity contribution in [2.75, 3.05) is 34.4 Å². The second-order valence-electron chi connectivity index (χ2n) is 7.65. The van der Waals surface area contributed by atoms with Crippen LogP contribution in [0, 0.1) is 5.92 Å². The number of ether oxygens (including phenoxy) is 2. The van der Waals surface area contributed by atoms with E-state index < -0.39 is 0 Å². The van der Waals surface area contributed by atoms with Gasteiger partial charge < -0.3 is 20.5 Å². The van der Waals surface area contributed by atoms with E-state index in [1.54, 1.807) is 14.2 Å². The van der Waals surface area contributed by atoms with Crippen LogP contribution in [0.3, 0.4) is 0 Å². The largest absolute Gasteiger partial charge is 0.493 e. The number of nitrogens with two attached hydrogens (primary N) is 1. The molecule has 2 atom stereocenters. The lowest BCUT2D eigenvalue weighted by Crippen LogP contribution is -2.43. The second-order valence-corrected chi connectivity index (χ2v) is 8.09. The van der Waals surface area contributed by atoms with Crippen LogP contribution in [-0.4, -0.2) is 45.2 Å². The molecule has 0 radical (unpaired) electrons. The molecule has 3 N–H and O–H groups in total.